The predicted molar refractivity (Wildman–Crippen MR) is 71.8 cm³/mol. The molecule has 1 atom stereocenters. The van der Waals surface area contributed by atoms with E-state index in [0.29, 0.717) is 0 Å². The van der Waals surface area contributed by atoms with Gasteiger partial charge in [0.05, 0.1) is 11.4 Å². The third kappa shape index (κ3) is 1.89. The molecule has 4 heteroatoms. The lowest BCUT2D eigenvalue weighted by atomic mass is 9.95. The lowest BCUT2D eigenvalue weighted by Gasteiger charge is -2.23. The Bertz CT molecular complexity index is 551. The number of nitrogens with zero attached hydrogens (tertiary/aromatic N) is 2. The van der Waals surface area contributed by atoms with Gasteiger partial charge in [0.15, 0.2) is 4.96 Å². The van der Waals surface area contributed by atoms with E-state index in [2.05, 4.69) is 30.2 Å². The Balaban J connectivity index is 2.71. The van der Waals surface area contributed by atoms with Gasteiger partial charge in [0.2, 0.25) is 0 Å². The number of rotatable bonds is 3. The summed E-state index contributed by atoms with van der Waals surface area (Å²) in [6.45, 7) is 10.1. The van der Waals surface area contributed by atoms with E-state index in [0.717, 1.165) is 29.2 Å². The van der Waals surface area contributed by atoms with Crippen LogP contribution in [0.4, 0.5) is 0 Å². The lowest BCUT2D eigenvalue weighted by Crippen LogP contribution is -2.24. The van der Waals surface area contributed by atoms with Crippen LogP contribution in [0.5, 0.6) is 0 Å². The van der Waals surface area contributed by atoms with Crippen molar-refractivity contribution in [2.45, 2.75) is 53.1 Å². The monoisotopic (exact) mass is 252 g/mol. The minimum Gasteiger partial charge on any atom is -0.384 e. The summed E-state index contributed by atoms with van der Waals surface area (Å²) in [6, 6.07) is 0. The van der Waals surface area contributed by atoms with E-state index in [1.165, 1.54) is 10.6 Å². The second-order valence-electron chi connectivity index (χ2n) is 4.93. The first-order valence-electron chi connectivity index (χ1n) is 6.06. The molecule has 0 saturated heterocycles. The van der Waals surface area contributed by atoms with E-state index in [1.54, 1.807) is 11.3 Å². The average Bonchev–Trinajstić information content (AvgIpc) is 2.65. The Morgan fingerprint density at radius 3 is 2.59 bits per heavy atom. The Kier molecular flexibility index (Phi) is 3.04. The number of aryl methyl sites for hydroxylation is 3. The second-order valence-corrected chi connectivity index (χ2v) is 6.11. The largest absolute Gasteiger partial charge is 0.384 e. The highest BCUT2D eigenvalue weighted by atomic mass is 32.1. The van der Waals surface area contributed by atoms with Gasteiger partial charge in [-0.15, -0.1) is 11.3 Å². The standard InChI is InChI=1S/C13H20N2OS/c1-6-7-13(5,16)11-8(2)14-12-15(11)9(3)10(4)17-12/h16H,6-7H2,1-5H3. The summed E-state index contributed by atoms with van der Waals surface area (Å²) in [7, 11) is 0. The fraction of sp³-hybridized carbons (Fsp3) is 0.615. The molecule has 17 heavy (non-hydrogen) atoms. The normalized spacial score (nSPS) is 15.4. The van der Waals surface area contributed by atoms with Crippen LogP contribution in [0, 0.1) is 20.8 Å². The number of hydrogen-bond donors (Lipinski definition) is 1. The molecule has 0 aliphatic heterocycles. The molecule has 3 nitrogen and oxygen atoms in total. The summed E-state index contributed by atoms with van der Waals surface area (Å²) in [5.74, 6) is 0. The van der Waals surface area contributed by atoms with E-state index >= 15 is 0 Å². The van der Waals surface area contributed by atoms with E-state index in [1.807, 2.05) is 13.8 Å². The molecular formula is C13H20N2OS. The molecule has 1 unspecified atom stereocenters. The first-order valence-corrected chi connectivity index (χ1v) is 6.88. The zero-order valence-corrected chi connectivity index (χ0v) is 12.0. The number of fused-ring (bicyclic) bond motifs is 1. The maximum Gasteiger partial charge on any atom is 0.194 e. The molecule has 0 aliphatic rings. The van der Waals surface area contributed by atoms with Crippen molar-refractivity contribution in [1.82, 2.24) is 9.38 Å². The van der Waals surface area contributed by atoms with Crippen molar-refractivity contribution in [3.8, 4) is 0 Å². The van der Waals surface area contributed by atoms with Gasteiger partial charge in [0, 0.05) is 10.6 Å². The number of aliphatic hydroxyl groups is 1. The minimum absolute atomic E-state index is 0.760. The highest BCUT2D eigenvalue weighted by Crippen LogP contribution is 2.33. The summed E-state index contributed by atoms with van der Waals surface area (Å²) in [5.41, 5.74) is 2.29. The zero-order valence-electron chi connectivity index (χ0n) is 11.2. The van der Waals surface area contributed by atoms with Crippen LogP contribution < -0.4 is 0 Å². The van der Waals surface area contributed by atoms with Gasteiger partial charge < -0.3 is 5.11 Å². The molecule has 0 aliphatic carbocycles. The lowest BCUT2D eigenvalue weighted by molar-refractivity contribution is 0.0409. The molecule has 2 aromatic heterocycles. The van der Waals surface area contributed by atoms with Crippen LogP contribution in [0.25, 0.3) is 4.96 Å². The molecule has 2 rings (SSSR count). The van der Waals surface area contributed by atoms with E-state index in [4.69, 9.17) is 0 Å². The van der Waals surface area contributed by atoms with Crippen molar-refractivity contribution in [1.29, 1.82) is 0 Å². The first kappa shape index (κ1) is 12.6. The van der Waals surface area contributed by atoms with Crippen molar-refractivity contribution >= 4 is 16.3 Å². The molecule has 0 bridgehead atoms. The van der Waals surface area contributed by atoms with Crippen LogP contribution in [0.1, 0.15) is 48.6 Å². The topological polar surface area (TPSA) is 37.5 Å². The molecule has 0 spiro atoms. The van der Waals surface area contributed by atoms with Crippen molar-refractivity contribution in [3.05, 3.63) is 22.0 Å². The Morgan fingerprint density at radius 1 is 1.35 bits per heavy atom. The molecule has 0 fully saturated rings. The third-order valence-corrected chi connectivity index (χ3v) is 4.42. The van der Waals surface area contributed by atoms with Gasteiger partial charge in [0.25, 0.3) is 0 Å². The average molecular weight is 252 g/mol. The maximum atomic E-state index is 10.6. The molecular weight excluding hydrogens is 232 g/mol. The SMILES string of the molecule is CCCC(C)(O)c1c(C)nc2sc(C)c(C)n12. The number of hydrogen-bond acceptors (Lipinski definition) is 3. The van der Waals surface area contributed by atoms with Crippen molar-refractivity contribution in [3.63, 3.8) is 0 Å². The molecule has 0 amide bonds. The van der Waals surface area contributed by atoms with E-state index < -0.39 is 5.60 Å². The molecule has 0 aromatic carbocycles. The van der Waals surface area contributed by atoms with Crippen LogP contribution in [-0.4, -0.2) is 14.5 Å². The molecule has 0 saturated carbocycles. The first-order chi connectivity index (χ1) is 7.88. The highest BCUT2D eigenvalue weighted by molar-refractivity contribution is 7.17. The van der Waals surface area contributed by atoms with E-state index in [-0.39, 0.29) is 0 Å². The predicted octanol–water partition coefficient (Wildman–Crippen LogP) is 3.33. The Labute approximate surface area is 106 Å². The number of aromatic nitrogens is 2. The minimum atomic E-state index is -0.795. The van der Waals surface area contributed by atoms with Gasteiger partial charge in [-0.2, -0.15) is 0 Å². The van der Waals surface area contributed by atoms with Crippen molar-refractivity contribution in [2.24, 2.45) is 0 Å². The summed E-state index contributed by atoms with van der Waals surface area (Å²) in [5, 5.41) is 10.6. The quantitative estimate of drug-likeness (QED) is 0.910. The van der Waals surface area contributed by atoms with Gasteiger partial charge in [0.1, 0.15) is 5.60 Å². The van der Waals surface area contributed by atoms with Crippen molar-refractivity contribution in [2.75, 3.05) is 0 Å². The summed E-state index contributed by atoms with van der Waals surface area (Å²) < 4.78 is 2.12. The van der Waals surface area contributed by atoms with E-state index in [9.17, 15) is 5.11 Å². The third-order valence-electron chi connectivity index (χ3n) is 3.36. The van der Waals surface area contributed by atoms with Gasteiger partial charge in [-0.25, -0.2) is 4.98 Å². The fourth-order valence-electron chi connectivity index (χ4n) is 2.49. The zero-order chi connectivity index (χ0) is 12.8. The summed E-state index contributed by atoms with van der Waals surface area (Å²) >= 11 is 1.69. The molecule has 0 radical (unpaired) electrons. The molecule has 94 valence electrons. The maximum absolute atomic E-state index is 10.6. The van der Waals surface area contributed by atoms with Crippen LogP contribution in [0.15, 0.2) is 0 Å². The summed E-state index contributed by atoms with van der Waals surface area (Å²) in [6.07, 6.45) is 1.72. The van der Waals surface area contributed by atoms with Crippen LogP contribution >= 0.6 is 11.3 Å². The number of imidazole rings is 1. The Hall–Kier alpha value is -0.870. The van der Waals surface area contributed by atoms with Crippen LogP contribution in [-0.2, 0) is 5.60 Å². The molecule has 1 N–H and O–H groups in total. The molecule has 2 aromatic rings. The summed E-state index contributed by atoms with van der Waals surface area (Å²) in [4.78, 5) is 6.82. The highest BCUT2D eigenvalue weighted by Gasteiger charge is 2.30. The van der Waals surface area contributed by atoms with Gasteiger partial charge in [-0.05, 0) is 34.1 Å². The smallest absolute Gasteiger partial charge is 0.194 e. The van der Waals surface area contributed by atoms with Gasteiger partial charge in [-0.1, -0.05) is 13.3 Å². The fourth-order valence-corrected chi connectivity index (χ4v) is 3.50. The number of thiazole rings is 1. The van der Waals surface area contributed by atoms with Crippen molar-refractivity contribution < 1.29 is 5.11 Å². The van der Waals surface area contributed by atoms with Crippen LogP contribution in [0.3, 0.4) is 0 Å². The van der Waals surface area contributed by atoms with Gasteiger partial charge >= 0.3 is 0 Å². The Morgan fingerprint density at radius 2 is 2.00 bits per heavy atom. The van der Waals surface area contributed by atoms with Crippen LogP contribution in [0.2, 0.25) is 0 Å². The second kappa shape index (κ2) is 4.10. The van der Waals surface area contributed by atoms with Gasteiger partial charge in [-0.3, -0.25) is 4.40 Å². The molecule has 2 heterocycles.